The minimum Gasteiger partial charge on any atom is -0.248 e. The van der Waals surface area contributed by atoms with Gasteiger partial charge in [0.05, 0.1) is 0 Å². The van der Waals surface area contributed by atoms with Gasteiger partial charge in [0.15, 0.2) is 5.15 Å². The molecule has 0 aliphatic carbocycles. The van der Waals surface area contributed by atoms with E-state index < -0.39 is 0 Å². The van der Waals surface area contributed by atoms with E-state index in [2.05, 4.69) is 21.2 Å². The van der Waals surface area contributed by atoms with Crippen molar-refractivity contribution < 1.29 is 0 Å². The van der Waals surface area contributed by atoms with Gasteiger partial charge < -0.3 is 0 Å². The third-order valence-corrected chi connectivity index (χ3v) is 2.87. The summed E-state index contributed by atoms with van der Waals surface area (Å²) in [4.78, 5) is 4.62. The highest BCUT2D eigenvalue weighted by Gasteiger charge is 2.08. The van der Waals surface area contributed by atoms with Gasteiger partial charge in [0.2, 0.25) is 0 Å². The quantitative estimate of drug-likeness (QED) is 0.670. The minimum absolute atomic E-state index is 0.206. The second kappa shape index (κ2) is 4.76. The van der Waals surface area contributed by atoms with Crippen LogP contribution in [0, 0.1) is 23.2 Å². The number of hydrogen-bond acceptors (Lipinski definition) is 4. The first kappa shape index (κ1) is 10.6. The summed E-state index contributed by atoms with van der Waals surface area (Å²) in [6.07, 6.45) is 1.66. The van der Waals surface area contributed by atoms with Gasteiger partial charge >= 0.3 is 0 Å². The van der Waals surface area contributed by atoms with E-state index in [4.69, 9.17) is 16.9 Å². The van der Waals surface area contributed by atoms with Gasteiger partial charge in [0, 0.05) is 6.20 Å². The summed E-state index contributed by atoms with van der Waals surface area (Å²) in [5, 5.41) is 9.04. The minimum atomic E-state index is 0.206. The topological polar surface area (TPSA) is 49.6 Å². The Hall–Kier alpha value is -1.88. The fourth-order valence-electron chi connectivity index (χ4n) is 1.01. The Morgan fingerprint density at radius 2 is 2.19 bits per heavy atom. The van der Waals surface area contributed by atoms with Crippen molar-refractivity contribution in [3.63, 3.8) is 0 Å². The van der Waals surface area contributed by atoms with Crippen LogP contribution in [0.15, 0.2) is 24.4 Å². The predicted molar refractivity (Wildman–Crippen MR) is 62.1 cm³/mol. The average Bonchev–Trinajstić information content (AvgIpc) is 2.68. The fourth-order valence-corrected chi connectivity index (χ4v) is 1.90. The first-order valence-electron chi connectivity index (χ1n) is 4.29. The van der Waals surface area contributed by atoms with Crippen LogP contribution in [-0.4, -0.2) is 9.36 Å². The Morgan fingerprint density at radius 3 is 2.88 bits per heavy atom. The zero-order chi connectivity index (χ0) is 11.4. The van der Waals surface area contributed by atoms with Crippen molar-refractivity contribution in [2.75, 3.05) is 0 Å². The second-order valence-corrected chi connectivity index (χ2v) is 3.89. The van der Waals surface area contributed by atoms with E-state index in [0.717, 1.165) is 11.5 Å². The van der Waals surface area contributed by atoms with Gasteiger partial charge in [-0.3, -0.25) is 0 Å². The number of pyridine rings is 1. The normalized spacial score (nSPS) is 9.00. The van der Waals surface area contributed by atoms with Crippen LogP contribution >= 0.6 is 23.1 Å². The molecule has 16 heavy (non-hydrogen) atoms. The molecule has 3 nitrogen and oxygen atoms in total. The third kappa shape index (κ3) is 2.20. The van der Waals surface area contributed by atoms with E-state index in [-0.39, 0.29) is 5.15 Å². The highest BCUT2D eigenvalue weighted by molar-refractivity contribution is 7.07. The lowest BCUT2D eigenvalue weighted by molar-refractivity contribution is 1.29. The van der Waals surface area contributed by atoms with E-state index in [1.54, 1.807) is 12.3 Å². The molecule has 0 bridgehead atoms. The molecule has 0 radical (unpaired) electrons. The number of rotatable bonds is 0. The molecule has 5 heteroatoms. The van der Waals surface area contributed by atoms with Crippen molar-refractivity contribution >= 4 is 23.1 Å². The molecular formula is C11H4ClN3S. The summed E-state index contributed by atoms with van der Waals surface area (Å²) < 4.78 is 3.86. The number of hydrogen-bond donors (Lipinski definition) is 0. The molecule has 0 aliphatic heterocycles. The summed E-state index contributed by atoms with van der Waals surface area (Å²) in [5.74, 6) is 5.69. The van der Waals surface area contributed by atoms with Crippen LogP contribution in [0.2, 0.25) is 5.15 Å². The van der Waals surface area contributed by atoms with E-state index in [1.807, 2.05) is 18.2 Å². The Balaban J connectivity index is 2.36. The van der Waals surface area contributed by atoms with Crippen LogP contribution in [-0.2, 0) is 0 Å². The largest absolute Gasteiger partial charge is 0.248 e. The molecule has 0 saturated heterocycles. The third-order valence-electron chi connectivity index (χ3n) is 1.73. The molecule has 0 spiro atoms. The van der Waals surface area contributed by atoms with Crippen molar-refractivity contribution in [2.24, 2.45) is 0 Å². The molecule has 0 aliphatic rings. The summed E-state index contributed by atoms with van der Waals surface area (Å²) in [6, 6.07) is 7.43. The van der Waals surface area contributed by atoms with Crippen LogP contribution in [0.4, 0.5) is 0 Å². The molecule has 0 fully saturated rings. The molecule has 2 aromatic heterocycles. The van der Waals surface area contributed by atoms with Crippen LogP contribution in [0.1, 0.15) is 16.1 Å². The lowest BCUT2D eigenvalue weighted by Crippen LogP contribution is -1.79. The van der Waals surface area contributed by atoms with Gasteiger partial charge in [-0.1, -0.05) is 17.7 Å². The highest BCUT2D eigenvalue weighted by Crippen LogP contribution is 2.21. The summed E-state index contributed by atoms with van der Waals surface area (Å²) in [5.41, 5.74) is 0.978. The first-order valence-corrected chi connectivity index (χ1v) is 5.44. The Kier molecular flexibility index (Phi) is 3.16. The van der Waals surface area contributed by atoms with Gasteiger partial charge in [-0.15, -0.1) is 0 Å². The molecule has 0 amide bonds. The number of halogens is 1. The zero-order valence-corrected chi connectivity index (χ0v) is 9.51. The Bertz CT molecular complexity index is 602. The smallest absolute Gasteiger partial charge is 0.161 e. The zero-order valence-electron chi connectivity index (χ0n) is 7.94. The van der Waals surface area contributed by atoms with Crippen molar-refractivity contribution in [2.45, 2.75) is 0 Å². The molecule has 0 atom stereocenters. The molecule has 2 rings (SSSR count). The maximum Gasteiger partial charge on any atom is 0.161 e. The molecule has 0 unspecified atom stereocenters. The number of aromatic nitrogens is 2. The van der Waals surface area contributed by atoms with Crippen molar-refractivity contribution in [1.82, 2.24) is 9.36 Å². The fraction of sp³-hybridized carbons (Fsp3) is 0. The van der Waals surface area contributed by atoms with Crippen LogP contribution < -0.4 is 0 Å². The van der Waals surface area contributed by atoms with E-state index >= 15 is 0 Å². The molecule has 0 saturated carbocycles. The lowest BCUT2D eigenvalue weighted by Gasteiger charge is -1.85. The van der Waals surface area contributed by atoms with Crippen molar-refractivity contribution in [3.05, 3.63) is 45.7 Å². The van der Waals surface area contributed by atoms with Crippen LogP contribution in [0.3, 0.4) is 0 Å². The first-order chi connectivity index (χ1) is 7.81. The van der Waals surface area contributed by atoms with Crippen molar-refractivity contribution in [1.29, 1.82) is 5.26 Å². The number of nitrogens with zero attached hydrogens (tertiary/aromatic N) is 3. The van der Waals surface area contributed by atoms with Crippen LogP contribution in [0.25, 0.3) is 0 Å². The van der Waals surface area contributed by atoms with Gasteiger partial charge in [-0.2, -0.15) is 9.64 Å². The average molecular weight is 246 g/mol. The van der Waals surface area contributed by atoms with E-state index in [9.17, 15) is 0 Å². The second-order valence-electron chi connectivity index (χ2n) is 2.75. The molecular weight excluding hydrogens is 242 g/mol. The molecule has 0 aromatic carbocycles. The predicted octanol–water partition coefficient (Wildman–Crippen LogP) is 2.46. The van der Waals surface area contributed by atoms with Gasteiger partial charge in [0.1, 0.15) is 22.2 Å². The van der Waals surface area contributed by atoms with Gasteiger partial charge in [0.25, 0.3) is 0 Å². The maximum atomic E-state index is 8.83. The maximum absolute atomic E-state index is 8.83. The summed E-state index contributed by atoms with van der Waals surface area (Å²) >= 11 is 6.83. The van der Waals surface area contributed by atoms with Gasteiger partial charge in [-0.25, -0.2) is 4.98 Å². The van der Waals surface area contributed by atoms with E-state index in [1.165, 1.54) is 0 Å². The van der Waals surface area contributed by atoms with Gasteiger partial charge in [-0.05, 0) is 35.5 Å². The number of nitriles is 1. The summed E-state index contributed by atoms with van der Waals surface area (Å²) in [7, 11) is 0. The lowest BCUT2D eigenvalue weighted by atomic mass is 10.3. The molecule has 2 aromatic rings. The highest BCUT2D eigenvalue weighted by atomic mass is 35.5. The standard InChI is InChI=1S/C11H4ClN3S/c12-11-9(7-13)10(16-15-11)5-4-8-3-1-2-6-14-8/h1-3,6H. The summed E-state index contributed by atoms with van der Waals surface area (Å²) in [6.45, 7) is 0. The van der Waals surface area contributed by atoms with Crippen LogP contribution in [0.5, 0.6) is 0 Å². The van der Waals surface area contributed by atoms with Crippen molar-refractivity contribution in [3.8, 4) is 17.9 Å². The molecule has 0 N–H and O–H groups in total. The SMILES string of the molecule is N#Cc1c(Cl)nsc1C#Cc1ccccn1. The molecule has 2 heterocycles. The Labute approximate surface area is 101 Å². The Morgan fingerprint density at radius 1 is 1.31 bits per heavy atom. The van der Waals surface area contributed by atoms with E-state index in [0.29, 0.717) is 16.1 Å². The monoisotopic (exact) mass is 245 g/mol. The molecule has 76 valence electrons.